The average Bonchev–Trinajstić information content (AvgIpc) is 2.38. The normalized spacial score (nSPS) is 14.1. The third-order valence-electron chi connectivity index (χ3n) is 2.60. The van der Waals surface area contributed by atoms with E-state index in [4.69, 9.17) is 38.9 Å². The first-order chi connectivity index (χ1) is 9.32. The number of anilines is 1. The van der Waals surface area contributed by atoms with E-state index >= 15 is 0 Å². The molecule has 20 heavy (non-hydrogen) atoms. The molecule has 0 heterocycles. The molecule has 0 aromatic heterocycles. The van der Waals surface area contributed by atoms with Crippen molar-refractivity contribution >= 4 is 34.8 Å². The predicted octanol–water partition coefficient (Wildman–Crippen LogP) is 1.29. The molecule has 0 bridgehead atoms. The quantitative estimate of drug-likeness (QED) is 0.514. The lowest BCUT2D eigenvalue weighted by molar-refractivity contribution is -0.128. The number of alkyl halides is 2. The first-order valence-corrected chi connectivity index (χ1v) is 6.33. The minimum absolute atomic E-state index is 0.0191. The van der Waals surface area contributed by atoms with Gasteiger partial charge in [-0.05, 0) is 17.7 Å². The number of carbonyl (C=O) groups is 1. The lowest BCUT2D eigenvalue weighted by atomic mass is 9.95. The summed E-state index contributed by atoms with van der Waals surface area (Å²) in [5.74, 6) is -1.85. The van der Waals surface area contributed by atoms with Crippen molar-refractivity contribution in [2.75, 3.05) is 11.8 Å². The van der Waals surface area contributed by atoms with Crippen LogP contribution >= 0.6 is 23.2 Å². The fourth-order valence-corrected chi connectivity index (χ4v) is 1.68. The van der Waals surface area contributed by atoms with Crippen molar-refractivity contribution in [2.24, 2.45) is 11.7 Å². The SMILES string of the molecule is NC(=O)C(COC(Cl)Cl)C(O)c1ccc(N([O-])O)cc1. The van der Waals surface area contributed by atoms with Gasteiger partial charge in [0.2, 0.25) is 10.9 Å². The summed E-state index contributed by atoms with van der Waals surface area (Å²) in [4.78, 5) is 11.3. The van der Waals surface area contributed by atoms with E-state index in [1.54, 1.807) is 0 Å². The van der Waals surface area contributed by atoms with Crippen LogP contribution in [0.2, 0.25) is 0 Å². The Morgan fingerprint density at radius 2 is 1.95 bits per heavy atom. The van der Waals surface area contributed by atoms with Gasteiger partial charge in [-0.2, -0.15) is 0 Å². The molecular weight excluding hydrogens is 311 g/mol. The Balaban J connectivity index is 2.83. The van der Waals surface area contributed by atoms with Crippen molar-refractivity contribution in [2.45, 2.75) is 11.1 Å². The van der Waals surface area contributed by atoms with E-state index in [-0.39, 0.29) is 17.5 Å². The number of halogens is 2. The summed E-state index contributed by atoms with van der Waals surface area (Å²) in [6.45, 7) is -0.260. The Bertz CT molecular complexity index is 441. The summed E-state index contributed by atoms with van der Waals surface area (Å²) < 4.78 is 4.84. The fraction of sp³-hybridized carbons (Fsp3) is 0.364. The number of hydrogen-bond acceptors (Lipinski definition) is 6. The molecular formula is C11H13Cl2N2O5-. The Hall–Kier alpha value is -1.09. The highest BCUT2D eigenvalue weighted by molar-refractivity contribution is 6.43. The number of aliphatic hydroxyl groups is 1. The van der Waals surface area contributed by atoms with Crippen LogP contribution in [-0.4, -0.2) is 27.9 Å². The Morgan fingerprint density at radius 3 is 2.35 bits per heavy atom. The molecule has 112 valence electrons. The highest BCUT2D eigenvalue weighted by atomic mass is 35.5. The van der Waals surface area contributed by atoms with E-state index < -0.39 is 23.0 Å². The lowest BCUT2D eigenvalue weighted by Crippen LogP contribution is -2.33. The number of primary amides is 1. The maximum Gasteiger partial charge on any atom is 0.225 e. The maximum absolute atomic E-state index is 11.3. The molecule has 0 aliphatic rings. The van der Waals surface area contributed by atoms with Crippen LogP contribution < -0.4 is 11.0 Å². The molecule has 1 aromatic rings. The first kappa shape index (κ1) is 17.0. The Labute approximate surface area is 125 Å². The molecule has 1 aromatic carbocycles. The number of nitrogens with zero attached hydrogens (tertiary/aromatic N) is 1. The number of nitrogens with two attached hydrogens (primary N) is 1. The number of aliphatic hydroxyl groups excluding tert-OH is 1. The zero-order valence-corrected chi connectivity index (χ0v) is 11.7. The van der Waals surface area contributed by atoms with Crippen LogP contribution in [0.25, 0.3) is 0 Å². The lowest BCUT2D eigenvalue weighted by Gasteiger charge is -2.23. The summed E-state index contributed by atoms with van der Waals surface area (Å²) in [5.41, 5.74) is 5.48. The predicted molar refractivity (Wildman–Crippen MR) is 73.2 cm³/mol. The second-order valence-corrected chi connectivity index (χ2v) is 4.93. The molecule has 1 rings (SSSR count). The zero-order valence-electron chi connectivity index (χ0n) is 10.1. The van der Waals surface area contributed by atoms with Crippen LogP contribution in [-0.2, 0) is 9.53 Å². The summed E-state index contributed by atoms with van der Waals surface area (Å²) >= 11 is 10.7. The number of carbonyl (C=O) groups excluding carboxylic acids is 1. The van der Waals surface area contributed by atoms with Crippen molar-refractivity contribution in [3.05, 3.63) is 35.0 Å². The van der Waals surface area contributed by atoms with Crippen LogP contribution in [0.3, 0.4) is 0 Å². The molecule has 2 atom stereocenters. The van der Waals surface area contributed by atoms with E-state index in [0.717, 1.165) is 0 Å². The number of rotatable bonds is 7. The summed E-state index contributed by atoms with van der Waals surface area (Å²) in [6, 6.07) is 5.29. The number of hydrogen-bond donors (Lipinski definition) is 3. The van der Waals surface area contributed by atoms with Gasteiger partial charge in [-0.15, -0.1) is 0 Å². The van der Waals surface area contributed by atoms with Gasteiger partial charge in [0.1, 0.15) is 0 Å². The summed E-state index contributed by atoms with van der Waals surface area (Å²) in [7, 11) is 0. The van der Waals surface area contributed by atoms with Gasteiger partial charge in [0.25, 0.3) is 0 Å². The summed E-state index contributed by atoms with van der Waals surface area (Å²) in [6.07, 6.45) is -1.26. The molecule has 0 saturated carbocycles. The fourth-order valence-electron chi connectivity index (χ4n) is 1.54. The zero-order chi connectivity index (χ0) is 15.3. The Morgan fingerprint density at radius 1 is 1.40 bits per heavy atom. The number of benzene rings is 1. The van der Waals surface area contributed by atoms with Crippen molar-refractivity contribution in [3.8, 4) is 0 Å². The second-order valence-electron chi connectivity index (χ2n) is 3.91. The molecule has 9 heteroatoms. The molecule has 0 aliphatic carbocycles. The van der Waals surface area contributed by atoms with Crippen molar-refractivity contribution < 1.29 is 19.8 Å². The van der Waals surface area contributed by atoms with Crippen LogP contribution in [0.5, 0.6) is 0 Å². The van der Waals surface area contributed by atoms with E-state index in [0.29, 0.717) is 5.56 Å². The van der Waals surface area contributed by atoms with Gasteiger partial charge in [-0.3, -0.25) is 10.0 Å². The number of amides is 1. The molecule has 4 N–H and O–H groups in total. The third-order valence-corrected chi connectivity index (χ3v) is 2.86. The molecule has 7 nitrogen and oxygen atoms in total. The average molecular weight is 324 g/mol. The van der Waals surface area contributed by atoms with Gasteiger partial charge in [0.05, 0.1) is 24.3 Å². The Kier molecular flexibility index (Phi) is 6.47. The first-order valence-electron chi connectivity index (χ1n) is 5.46. The highest BCUT2D eigenvalue weighted by Crippen LogP contribution is 2.25. The van der Waals surface area contributed by atoms with E-state index in [9.17, 15) is 15.1 Å². The van der Waals surface area contributed by atoms with E-state index in [1.165, 1.54) is 24.3 Å². The van der Waals surface area contributed by atoms with Gasteiger partial charge >= 0.3 is 0 Å². The van der Waals surface area contributed by atoms with Gasteiger partial charge < -0.3 is 26.0 Å². The topological polar surface area (TPSA) is 119 Å². The molecule has 1 amide bonds. The number of ether oxygens (including phenoxy) is 1. The smallest absolute Gasteiger partial charge is 0.225 e. The van der Waals surface area contributed by atoms with E-state index in [2.05, 4.69) is 0 Å². The largest absolute Gasteiger partial charge is 0.733 e. The van der Waals surface area contributed by atoms with Gasteiger partial charge in [0, 0.05) is 0 Å². The van der Waals surface area contributed by atoms with Crippen LogP contribution in [0, 0.1) is 11.1 Å². The molecule has 0 saturated heterocycles. The molecule has 0 aliphatic heterocycles. The monoisotopic (exact) mass is 323 g/mol. The van der Waals surface area contributed by atoms with Gasteiger partial charge in [0.15, 0.2) is 0 Å². The molecule has 0 fully saturated rings. The van der Waals surface area contributed by atoms with Gasteiger partial charge in [-0.1, -0.05) is 35.3 Å². The molecule has 0 spiro atoms. The third kappa shape index (κ3) is 4.78. The van der Waals surface area contributed by atoms with Crippen LogP contribution in [0.1, 0.15) is 11.7 Å². The highest BCUT2D eigenvalue weighted by Gasteiger charge is 2.27. The molecule has 2 unspecified atom stereocenters. The van der Waals surface area contributed by atoms with Gasteiger partial charge in [-0.25, -0.2) is 0 Å². The van der Waals surface area contributed by atoms with E-state index in [1.807, 2.05) is 0 Å². The maximum atomic E-state index is 11.3. The van der Waals surface area contributed by atoms with Crippen LogP contribution in [0.4, 0.5) is 5.69 Å². The van der Waals surface area contributed by atoms with Crippen molar-refractivity contribution in [1.29, 1.82) is 0 Å². The van der Waals surface area contributed by atoms with Crippen molar-refractivity contribution in [1.82, 2.24) is 0 Å². The summed E-state index contributed by atoms with van der Waals surface area (Å²) in [5, 5.41) is 27.9. The van der Waals surface area contributed by atoms with Crippen molar-refractivity contribution in [3.63, 3.8) is 0 Å². The molecule has 0 radical (unpaired) electrons. The minimum Gasteiger partial charge on any atom is -0.733 e. The second kappa shape index (κ2) is 7.63. The standard InChI is InChI=1S/C11H13Cl2N2O5/c12-11(13)20-5-8(10(14)17)9(16)6-1-3-7(4-2-6)15(18)19/h1-4,8-9,11,16,18H,5H2,(H2,14,17)/q-1. The minimum atomic E-state index is -1.26. The van der Waals surface area contributed by atoms with Crippen LogP contribution in [0.15, 0.2) is 24.3 Å².